The number of amides is 1. The van der Waals surface area contributed by atoms with E-state index >= 15 is 0 Å². The zero-order valence-electron chi connectivity index (χ0n) is 14.9. The molecule has 26 heavy (non-hydrogen) atoms. The molecule has 1 aromatic heterocycles. The highest BCUT2D eigenvalue weighted by Crippen LogP contribution is 2.19. The van der Waals surface area contributed by atoms with Gasteiger partial charge in [0, 0.05) is 18.2 Å². The number of hydrogen-bond donors (Lipinski definition) is 2. The van der Waals surface area contributed by atoms with Crippen LogP contribution in [0.15, 0.2) is 29.2 Å². The highest BCUT2D eigenvalue weighted by Gasteiger charge is 2.21. The summed E-state index contributed by atoms with van der Waals surface area (Å²) >= 11 is 0. The normalized spacial score (nSPS) is 14.8. The molecule has 3 rings (SSSR count). The minimum Gasteiger partial charge on any atom is -0.349 e. The van der Waals surface area contributed by atoms with Gasteiger partial charge in [0.05, 0.1) is 11.4 Å². The van der Waals surface area contributed by atoms with E-state index in [0.717, 1.165) is 25.1 Å². The number of aryl methyl sites for hydroxylation is 2. The van der Waals surface area contributed by atoms with Gasteiger partial charge in [-0.05, 0) is 51.3 Å². The quantitative estimate of drug-likeness (QED) is 0.753. The molecule has 0 radical (unpaired) electrons. The molecule has 2 aromatic rings. The second-order valence-electron chi connectivity index (χ2n) is 6.46. The van der Waals surface area contributed by atoms with Crippen molar-refractivity contribution in [3.63, 3.8) is 0 Å². The average Bonchev–Trinajstić information content (AvgIpc) is 2.88. The van der Waals surface area contributed by atoms with Crippen molar-refractivity contribution < 1.29 is 13.2 Å². The molecule has 0 atom stereocenters. The largest absolute Gasteiger partial charge is 0.349 e. The van der Waals surface area contributed by atoms with Crippen LogP contribution in [0, 0.1) is 13.8 Å². The lowest BCUT2D eigenvalue weighted by atomic mass is 9.93. The molecular formula is C17H23N5O3S. The molecule has 1 aliphatic rings. The number of benzene rings is 1. The Balaban J connectivity index is 1.63. The van der Waals surface area contributed by atoms with Gasteiger partial charge in [0.1, 0.15) is 11.6 Å². The molecule has 1 aromatic carbocycles. The number of hydrogen-bond acceptors (Lipinski definition) is 5. The van der Waals surface area contributed by atoms with E-state index in [1.807, 2.05) is 6.92 Å². The van der Waals surface area contributed by atoms with Crippen LogP contribution in [0.2, 0.25) is 0 Å². The van der Waals surface area contributed by atoms with E-state index in [2.05, 4.69) is 20.1 Å². The Hall–Kier alpha value is -2.26. The predicted octanol–water partition coefficient (Wildman–Crippen LogP) is 1.16. The van der Waals surface area contributed by atoms with Gasteiger partial charge >= 0.3 is 0 Å². The fourth-order valence-electron chi connectivity index (χ4n) is 2.77. The number of rotatable bonds is 7. The van der Waals surface area contributed by atoms with Crippen LogP contribution in [0.1, 0.15) is 41.3 Å². The summed E-state index contributed by atoms with van der Waals surface area (Å²) in [6.07, 6.45) is 3.08. The summed E-state index contributed by atoms with van der Waals surface area (Å²) < 4.78 is 29.2. The topological polar surface area (TPSA) is 106 Å². The highest BCUT2D eigenvalue weighted by atomic mass is 32.2. The fourth-order valence-corrected chi connectivity index (χ4v) is 3.83. The molecule has 140 valence electrons. The molecule has 0 spiro atoms. The first-order valence-corrected chi connectivity index (χ1v) is 10.1. The molecule has 1 aliphatic carbocycles. The van der Waals surface area contributed by atoms with E-state index in [9.17, 15) is 13.2 Å². The van der Waals surface area contributed by atoms with Crippen molar-refractivity contribution in [1.82, 2.24) is 24.8 Å². The zero-order valence-corrected chi connectivity index (χ0v) is 15.7. The fraction of sp³-hybridized carbons (Fsp3) is 0.471. The van der Waals surface area contributed by atoms with Gasteiger partial charge in [-0.2, -0.15) is 5.10 Å². The van der Waals surface area contributed by atoms with Crippen molar-refractivity contribution in [2.45, 2.75) is 50.6 Å². The smallest absolute Gasteiger partial charge is 0.251 e. The van der Waals surface area contributed by atoms with Crippen LogP contribution in [-0.4, -0.2) is 41.7 Å². The maximum Gasteiger partial charge on any atom is 0.251 e. The Morgan fingerprint density at radius 2 is 2.08 bits per heavy atom. The summed E-state index contributed by atoms with van der Waals surface area (Å²) in [5, 5.41) is 7.11. The Kier molecular flexibility index (Phi) is 5.38. The number of nitrogens with zero attached hydrogens (tertiary/aromatic N) is 3. The molecule has 0 aliphatic heterocycles. The molecule has 0 bridgehead atoms. The average molecular weight is 377 g/mol. The standard InChI is InChI=1S/C17H23N5O3S/c1-12-19-13(2)22(21-12)10-9-18-26(24,25)16-8-3-5-14(11-16)17(23)20-15-6-4-7-15/h3,5,8,11,15,18H,4,6-7,9-10H2,1-2H3,(H,20,23). The van der Waals surface area contributed by atoms with E-state index in [1.54, 1.807) is 23.7 Å². The van der Waals surface area contributed by atoms with Crippen LogP contribution in [-0.2, 0) is 16.6 Å². The molecule has 9 heteroatoms. The molecule has 0 saturated heterocycles. The summed E-state index contributed by atoms with van der Waals surface area (Å²) in [7, 11) is -3.70. The summed E-state index contributed by atoms with van der Waals surface area (Å²) in [6.45, 7) is 4.17. The molecule has 8 nitrogen and oxygen atoms in total. The third-order valence-corrected chi connectivity index (χ3v) is 5.88. The van der Waals surface area contributed by atoms with Crippen molar-refractivity contribution in [2.75, 3.05) is 6.54 Å². The number of carbonyl (C=O) groups excluding carboxylic acids is 1. The van der Waals surface area contributed by atoms with Crippen molar-refractivity contribution in [2.24, 2.45) is 0 Å². The molecule has 0 unspecified atom stereocenters. The van der Waals surface area contributed by atoms with E-state index in [4.69, 9.17) is 0 Å². The van der Waals surface area contributed by atoms with Gasteiger partial charge in [-0.3, -0.25) is 4.79 Å². The maximum absolute atomic E-state index is 12.5. The van der Waals surface area contributed by atoms with Crippen LogP contribution in [0.5, 0.6) is 0 Å². The van der Waals surface area contributed by atoms with Gasteiger partial charge in [-0.25, -0.2) is 22.8 Å². The zero-order chi connectivity index (χ0) is 18.7. The first-order valence-electron chi connectivity index (χ1n) is 8.64. The monoisotopic (exact) mass is 377 g/mol. The summed E-state index contributed by atoms with van der Waals surface area (Å²) in [5.41, 5.74) is 0.350. The van der Waals surface area contributed by atoms with Gasteiger partial charge in [0.15, 0.2) is 0 Å². The Morgan fingerprint density at radius 3 is 2.69 bits per heavy atom. The first kappa shape index (κ1) is 18.5. The second kappa shape index (κ2) is 7.55. The van der Waals surface area contributed by atoms with Crippen molar-refractivity contribution in [3.8, 4) is 0 Å². The van der Waals surface area contributed by atoms with E-state index in [1.165, 1.54) is 12.1 Å². The van der Waals surface area contributed by atoms with Crippen LogP contribution in [0.3, 0.4) is 0 Å². The molecule has 1 saturated carbocycles. The second-order valence-corrected chi connectivity index (χ2v) is 8.22. The van der Waals surface area contributed by atoms with Crippen LogP contribution in [0.25, 0.3) is 0 Å². The number of nitrogens with one attached hydrogen (secondary N) is 2. The van der Waals surface area contributed by atoms with E-state index in [0.29, 0.717) is 17.9 Å². The number of carbonyl (C=O) groups is 1. The van der Waals surface area contributed by atoms with Gasteiger partial charge < -0.3 is 5.32 Å². The third-order valence-electron chi connectivity index (χ3n) is 4.43. The molecule has 1 heterocycles. The molecule has 1 amide bonds. The third kappa shape index (κ3) is 4.28. The van der Waals surface area contributed by atoms with Crippen LogP contribution < -0.4 is 10.0 Å². The molecule has 1 fully saturated rings. The number of sulfonamides is 1. The lowest BCUT2D eigenvalue weighted by Gasteiger charge is -2.26. The summed E-state index contributed by atoms with van der Waals surface area (Å²) in [4.78, 5) is 16.5. The lowest BCUT2D eigenvalue weighted by molar-refractivity contribution is 0.0916. The highest BCUT2D eigenvalue weighted by molar-refractivity contribution is 7.89. The predicted molar refractivity (Wildman–Crippen MR) is 96.2 cm³/mol. The van der Waals surface area contributed by atoms with Crippen molar-refractivity contribution in [3.05, 3.63) is 41.5 Å². The minimum atomic E-state index is -3.70. The van der Waals surface area contributed by atoms with Crippen LogP contribution in [0.4, 0.5) is 0 Å². The molecule has 2 N–H and O–H groups in total. The summed E-state index contributed by atoms with van der Waals surface area (Å²) in [5.74, 6) is 1.15. The Bertz CT molecular complexity index is 903. The SMILES string of the molecule is Cc1nc(C)n(CCNS(=O)(=O)c2cccc(C(=O)NC3CCC3)c2)n1. The maximum atomic E-state index is 12.5. The summed E-state index contributed by atoms with van der Waals surface area (Å²) in [6, 6.07) is 6.29. The minimum absolute atomic E-state index is 0.0743. The lowest BCUT2D eigenvalue weighted by Crippen LogP contribution is -2.39. The van der Waals surface area contributed by atoms with Gasteiger partial charge in [-0.15, -0.1) is 0 Å². The Morgan fingerprint density at radius 1 is 1.31 bits per heavy atom. The van der Waals surface area contributed by atoms with E-state index in [-0.39, 0.29) is 23.4 Å². The Labute approximate surface area is 153 Å². The van der Waals surface area contributed by atoms with Gasteiger partial charge in [0.25, 0.3) is 5.91 Å². The van der Waals surface area contributed by atoms with Gasteiger partial charge in [0.2, 0.25) is 10.0 Å². The van der Waals surface area contributed by atoms with Gasteiger partial charge in [-0.1, -0.05) is 6.07 Å². The number of aromatic nitrogens is 3. The van der Waals surface area contributed by atoms with Crippen molar-refractivity contribution >= 4 is 15.9 Å². The molecular weight excluding hydrogens is 354 g/mol. The van der Waals surface area contributed by atoms with Crippen LogP contribution >= 0.6 is 0 Å². The van der Waals surface area contributed by atoms with E-state index < -0.39 is 10.0 Å². The van der Waals surface area contributed by atoms with Crippen molar-refractivity contribution in [1.29, 1.82) is 0 Å². The first-order chi connectivity index (χ1) is 12.3.